The van der Waals surface area contributed by atoms with Crippen molar-refractivity contribution in [2.75, 3.05) is 0 Å². The van der Waals surface area contributed by atoms with Crippen LogP contribution in [0.1, 0.15) is 0 Å². The van der Waals surface area contributed by atoms with Crippen molar-refractivity contribution in [1.29, 1.82) is 0 Å². The molecule has 19 heavy (non-hydrogen) atoms. The number of halogens is 3. The fraction of sp³-hybridized carbons (Fsp3) is 0. The molecule has 1 N–H and O–H groups in total. The van der Waals surface area contributed by atoms with E-state index in [2.05, 4.69) is 52.8 Å². The van der Waals surface area contributed by atoms with Gasteiger partial charge in [-0.2, -0.15) is 0 Å². The summed E-state index contributed by atoms with van der Waals surface area (Å²) in [7, 11) is 0. The summed E-state index contributed by atoms with van der Waals surface area (Å²) in [4.78, 5) is 15.5. The number of carbonyl (C=O) groups excluding carboxylic acids is 1. The number of phenolic OH excluding ortho intramolecular Hbond substituents is 1. The first-order valence-electron chi connectivity index (χ1n) is 4.83. The zero-order valence-corrected chi connectivity index (χ0v) is 16.6. The second-order valence-corrected chi connectivity index (χ2v) is 6.05. The number of phenols is 1. The van der Waals surface area contributed by atoms with Gasteiger partial charge in [-0.25, -0.2) is 4.99 Å². The van der Waals surface area contributed by atoms with Gasteiger partial charge >= 0.3 is 29.6 Å². The first-order valence-corrected chi connectivity index (χ1v) is 7.21. The third kappa shape index (κ3) is 4.37. The topological polar surface area (TPSA) is 49.7 Å². The molecule has 1 aliphatic carbocycles. The van der Waals surface area contributed by atoms with Crippen LogP contribution in [0, 0.1) is 0 Å². The first-order chi connectivity index (χ1) is 8.47. The van der Waals surface area contributed by atoms with Crippen LogP contribution >= 0.6 is 47.8 Å². The van der Waals surface area contributed by atoms with Crippen LogP contribution in [-0.4, -0.2) is 16.6 Å². The normalized spacial score (nSPS) is 16.3. The average molecular weight is 459 g/mol. The quantitative estimate of drug-likeness (QED) is 0.511. The van der Waals surface area contributed by atoms with Gasteiger partial charge in [0.25, 0.3) is 0 Å². The minimum atomic E-state index is -0.0751. The monoisotopic (exact) mass is 456 g/mol. The Morgan fingerprint density at radius 2 is 1.63 bits per heavy atom. The molecule has 1 aliphatic rings. The fourth-order valence-corrected chi connectivity index (χ4v) is 2.94. The number of hydrogen-bond acceptors (Lipinski definition) is 3. The number of nitrogens with zero attached hydrogens (tertiary/aromatic N) is 1. The van der Waals surface area contributed by atoms with Gasteiger partial charge in [-0.1, -0.05) is 0 Å². The first kappa shape index (κ1) is 17.3. The van der Waals surface area contributed by atoms with Gasteiger partial charge in [0.1, 0.15) is 5.75 Å². The van der Waals surface area contributed by atoms with Crippen molar-refractivity contribution >= 4 is 65.0 Å². The van der Waals surface area contributed by atoms with Crippen LogP contribution in [0.5, 0.6) is 5.75 Å². The molecule has 0 amide bonds. The Labute approximate surface area is 157 Å². The van der Waals surface area contributed by atoms with Crippen molar-refractivity contribution < 1.29 is 39.5 Å². The van der Waals surface area contributed by atoms with E-state index in [1.54, 1.807) is 18.2 Å². The fourth-order valence-electron chi connectivity index (χ4n) is 1.33. The van der Waals surface area contributed by atoms with Crippen molar-refractivity contribution in [3.63, 3.8) is 0 Å². The molecule has 0 aromatic heterocycles. The third-order valence-corrected chi connectivity index (χ3v) is 4.01. The molecule has 3 nitrogen and oxygen atoms in total. The molecular weight excluding hydrogens is 453 g/mol. The zero-order valence-electron chi connectivity index (χ0n) is 9.82. The van der Waals surface area contributed by atoms with Crippen LogP contribution in [-0.2, 0) is 4.79 Å². The maximum Gasteiger partial charge on any atom is 1.00 e. The zero-order chi connectivity index (χ0) is 13.3. The van der Waals surface area contributed by atoms with Gasteiger partial charge in [0.15, 0.2) is 5.78 Å². The molecule has 0 bridgehead atoms. The second-order valence-electron chi connectivity index (χ2n) is 3.48. The van der Waals surface area contributed by atoms with E-state index in [0.29, 0.717) is 24.8 Å². The maximum absolute atomic E-state index is 11.1. The van der Waals surface area contributed by atoms with E-state index in [9.17, 15) is 9.90 Å². The van der Waals surface area contributed by atoms with E-state index < -0.39 is 0 Å². The number of aromatic hydroxyl groups is 1. The minimum absolute atomic E-state index is 0. The predicted octanol–water partition coefficient (Wildman–Crippen LogP) is 1.41. The molecule has 0 atom stereocenters. The number of rotatable bonds is 1. The van der Waals surface area contributed by atoms with Crippen molar-refractivity contribution in [3.05, 3.63) is 43.8 Å². The summed E-state index contributed by atoms with van der Waals surface area (Å²) in [5, 5.41) is 9.60. The van der Waals surface area contributed by atoms with Crippen molar-refractivity contribution in [2.45, 2.75) is 0 Å². The van der Waals surface area contributed by atoms with Crippen LogP contribution in [0.4, 0.5) is 5.69 Å². The smallest absolute Gasteiger partial charge is 0.506 e. The van der Waals surface area contributed by atoms with Gasteiger partial charge in [-0.15, -0.1) is 0 Å². The molecule has 0 spiro atoms. The van der Waals surface area contributed by atoms with Crippen LogP contribution < -0.4 is 29.6 Å². The standard InChI is InChI=1S/C12H6Br3NO2.Na/c13-8-5-7(17)1-2-11(8)16-6-3-9(14)12(18)10(15)4-6;/h1-5,18H;/q;+1. The van der Waals surface area contributed by atoms with Crippen LogP contribution in [0.25, 0.3) is 0 Å². The van der Waals surface area contributed by atoms with E-state index in [1.807, 2.05) is 0 Å². The van der Waals surface area contributed by atoms with Gasteiger partial charge in [-0.3, -0.25) is 4.79 Å². The summed E-state index contributed by atoms with van der Waals surface area (Å²) in [5.74, 6) is 0.0526. The number of benzene rings is 1. The van der Waals surface area contributed by atoms with Gasteiger partial charge in [-0.05, 0) is 72.1 Å². The molecule has 0 heterocycles. The van der Waals surface area contributed by atoms with E-state index in [-0.39, 0.29) is 41.1 Å². The molecule has 1 aromatic carbocycles. The van der Waals surface area contributed by atoms with Gasteiger partial charge in [0.05, 0.1) is 20.3 Å². The summed E-state index contributed by atoms with van der Waals surface area (Å²) >= 11 is 9.77. The molecular formula is C12H6Br3NNaO2+. The minimum Gasteiger partial charge on any atom is -0.506 e. The van der Waals surface area contributed by atoms with Gasteiger partial charge in [0.2, 0.25) is 0 Å². The Morgan fingerprint density at radius 3 is 2.16 bits per heavy atom. The van der Waals surface area contributed by atoms with E-state index in [1.165, 1.54) is 12.2 Å². The maximum atomic E-state index is 11.1. The summed E-state index contributed by atoms with van der Waals surface area (Å²) in [6.07, 6.45) is 4.55. The Morgan fingerprint density at radius 1 is 1.05 bits per heavy atom. The number of ketones is 1. The number of allylic oxidation sites excluding steroid dienone is 4. The Hall–Kier alpha value is 0.280. The summed E-state index contributed by atoms with van der Waals surface area (Å²) in [6, 6.07) is 3.38. The summed E-state index contributed by atoms with van der Waals surface area (Å²) < 4.78 is 1.73. The number of hydrogen-bond donors (Lipinski definition) is 1. The largest absolute Gasteiger partial charge is 1.00 e. The van der Waals surface area contributed by atoms with Gasteiger partial charge < -0.3 is 5.11 Å². The summed E-state index contributed by atoms with van der Waals surface area (Å²) in [5.41, 5.74) is 1.31. The van der Waals surface area contributed by atoms with E-state index in [4.69, 9.17) is 0 Å². The van der Waals surface area contributed by atoms with E-state index in [0.717, 1.165) is 0 Å². The number of aliphatic imine (C=N–C) groups is 1. The molecule has 2 rings (SSSR count). The van der Waals surface area contributed by atoms with Crippen molar-refractivity contribution in [3.8, 4) is 5.75 Å². The molecule has 1 aromatic rings. The molecule has 92 valence electrons. The second kappa shape index (κ2) is 7.33. The SMILES string of the molecule is O=C1C=CC(=Nc2cc(Br)c(O)c(Br)c2)C(Br)=C1.[Na+]. The van der Waals surface area contributed by atoms with Gasteiger partial charge in [0, 0.05) is 10.6 Å². The molecule has 0 unspecified atom stereocenters. The van der Waals surface area contributed by atoms with Crippen molar-refractivity contribution in [1.82, 2.24) is 0 Å². The molecule has 0 radical (unpaired) electrons. The summed E-state index contributed by atoms with van der Waals surface area (Å²) in [6.45, 7) is 0. The Kier molecular flexibility index (Phi) is 6.69. The molecule has 0 fully saturated rings. The van der Waals surface area contributed by atoms with Crippen LogP contribution in [0.2, 0.25) is 0 Å². The third-order valence-electron chi connectivity index (χ3n) is 2.17. The number of carbonyl (C=O) groups is 1. The molecule has 0 aliphatic heterocycles. The van der Waals surface area contributed by atoms with Crippen molar-refractivity contribution in [2.24, 2.45) is 4.99 Å². The Bertz CT molecular complexity index is 600. The average Bonchev–Trinajstić information content (AvgIpc) is 2.29. The molecule has 0 saturated heterocycles. The molecule has 7 heteroatoms. The van der Waals surface area contributed by atoms with Crippen LogP contribution in [0.15, 0.2) is 48.8 Å². The van der Waals surface area contributed by atoms with E-state index >= 15 is 0 Å². The molecule has 0 saturated carbocycles. The Balaban J connectivity index is 0.00000180. The van der Waals surface area contributed by atoms with Crippen LogP contribution in [0.3, 0.4) is 0 Å². The predicted molar refractivity (Wildman–Crippen MR) is 81.8 cm³/mol.